The number of anilines is 1. The van der Waals surface area contributed by atoms with Gasteiger partial charge in [-0.2, -0.15) is 0 Å². The van der Waals surface area contributed by atoms with E-state index in [0.717, 1.165) is 0 Å². The summed E-state index contributed by atoms with van der Waals surface area (Å²) in [6, 6.07) is 2.78. The van der Waals surface area contributed by atoms with Gasteiger partial charge in [-0.05, 0) is 25.0 Å². The number of carbonyl (C=O) groups is 1. The van der Waals surface area contributed by atoms with E-state index in [1.807, 2.05) is 13.8 Å². The fourth-order valence-corrected chi connectivity index (χ4v) is 1.79. The minimum atomic E-state index is -0.299. The number of nitrogen functional groups attached to an aromatic ring is 1. The molecular formula is C12H16Cl2N2O2. The largest absolute Gasteiger partial charge is 0.396 e. The van der Waals surface area contributed by atoms with Crippen LogP contribution in [0, 0.1) is 5.92 Å². The van der Waals surface area contributed by atoms with Crippen LogP contribution in [0.4, 0.5) is 5.69 Å². The van der Waals surface area contributed by atoms with Crippen molar-refractivity contribution < 1.29 is 9.90 Å². The Hall–Kier alpha value is -0.970. The van der Waals surface area contributed by atoms with Crippen molar-refractivity contribution in [3.8, 4) is 0 Å². The molecule has 0 aromatic heterocycles. The van der Waals surface area contributed by atoms with Crippen molar-refractivity contribution in [3.63, 3.8) is 0 Å². The number of aliphatic hydroxyl groups excluding tert-OH is 1. The lowest BCUT2D eigenvalue weighted by molar-refractivity contribution is 0.0916. The lowest BCUT2D eigenvalue weighted by Gasteiger charge is -2.19. The van der Waals surface area contributed by atoms with Gasteiger partial charge in [0.2, 0.25) is 0 Å². The lowest BCUT2D eigenvalue weighted by Crippen LogP contribution is -2.38. The minimum absolute atomic E-state index is 0.00466. The first-order chi connectivity index (χ1) is 8.36. The van der Waals surface area contributed by atoms with Gasteiger partial charge in [0.1, 0.15) is 0 Å². The van der Waals surface area contributed by atoms with E-state index in [9.17, 15) is 4.79 Å². The van der Waals surface area contributed by atoms with Crippen LogP contribution in [-0.4, -0.2) is 23.7 Å². The van der Waals surface area contributed by atoms with Gasteiger partial charge >= 0.3 is 0 Å². The molecule has 1 aromatic rings. The van der Waals surface area contributed by atoms with Crippen LogP contribution in [0.2, 0.25) is 10.0 Å². The summed E-state index contributed by atoms with van der Waals surface area (Å²) >= 11 is 11.7. The molecule has 100 valence electrons. The molecule has 0 fully saturated rings. The molecule has 0 aliphatic heterocycles. The Kier molecular flexibility index (Phi) is 5.26. The van der Waals surface area contributed by atoms with Gasteiger partial charge in [-0.1, -0.05) is 30.1 Å². The number of aliphatic hydroxyl groups is 1. The fourth-order valence-electron chi connectivity index (χ4n) is 1.31. The Balaban J connectivity index is 2.85. The topological polar surface area (TPSA) is 75.3 Å². The summed E-state index contributed by atoms with van der Waals surface area (Å²) in [7, 11) is 0. The summed E-state index contributed by atoms with van der Waals surface area (Å²) in [6.07, 6.45) is 0. The molecule has 0 saturated heterocycles. The molecule has 2 unspecified atom stereocenters. The van der Waals surface area contributed by atoms with Crippen LogP contribution < -0.4 is 11.1 Å². The molecule has 1 amide bonds. The molecule has 0 aliphatic rings. The van der Waals surface area contributed by atoms with Crippen LogP contribution in [0.25, 0.3) is 0 Å². The average molecular weight is 291 g/mol. The van der Waals surface area contributed by atoms with Crippen LogP contribution in [0.5, 0.6) is 0 Å². The van der Waals surface area contributed by atoms with Gasteiger partial charge in [0.05, 0.1) is 15.7 Å². The summed E-state index contributed by atoms with van der Waals surface area (Å²) in [5, 5.41) is 12.3. The second-order valence-corrected chi connectivity index (χ2v) is 5.09. The number of rotatable bonds is 4. The maximum absolute atomic E-state index is 11.9. The molecular weight excluding hydrogens is 275 g/mol. The molecule has 4 N–H and O–H groups in total. The van der Waals surface area contributed by atoms with Crippen molar-refractivity contribution >= 4 is 34.8 Å². The van der Waals surface area contributed by atoms with Gasteiger partial charge < -0.3 is 16.2 Å². The summed E-state index contributed by atoms with van der Waals surface area (Å²) in [4.78, 5) is 11.9. The van der Waals surface area contributed by atoms with Gasteiger partial charge in [0.25, 0.3) is 5.91 Å². The Labute approximate surface area is 116 Å². The van der Waals surface area contributed by atoms with E-state index in [2.05, 4.69) is 5.32 Å². The zero-order chi connectivity index (χ0) is 13.9. The van der Waals surface area contributed by atoms with Crippen molar-refractivity contribution in [2.45, 2.75) is 19.9 Å². The van der Waals surface area contributed by atoms with E-state index >= 15 is 0 Å². The summed E-state index contributed by atoms with van der Waals surface area (Å²) in [5.74, 6) is -0.333. The highest BCUT2D eigenvalue weighted by Crippen LogP contribution is 2.28. The molecule has 6 heteroatoms. The summed E-state index contributed by atoms with van der Waals surface area (Å²) in [5.41, 5.74) is 6.19. The Morgan fingerprint density at radius 1 is 1.39 bits per heavy atom. The van der Waals surface area contributed by atoms with Crippen LogP contribution >= 0.6 is 23.2 Å². The number of carbonyl (C=O) groups excluding carboxylic acids is 1. The number of halogens is 2. The number of hydrogen-bond acceptors (Lipinski definition) is 3. The van der Waals surface area contributed by atoms with Crippen molar-refractivity contribution in [1.82, 2.24) is 5.32 Å². The Bertz CT molecular complexity index is 429. The SMILES string of the molecule is CC(CO)C(C)NC(=O)c1cc(Cl)c(N)c(Cl)c1. The summed E-state index contributed by atoms with van der Waals surface area (Å²) in [6.45, 7) is 3.66. The van der Waals surface area contributed by atoms with E-state index in [-0.39, 0.29) is 40.2 Å². The number of nitrogens with two attached hydrogens (primary N) is 1. The van der Waals surface area contributed by atoms with Crippen LogP contribution in [0.15, 0.2) is 12.1 Å². The predicted octanol–water partition coefficient (Wildman–Crippen LogP) is 2.32. The van der Waals surface area contributed by atoms with Crippen molar-refractivity contribution in [2.75, 3.05) is 12.3 Å². The molecule has 4 nitrogen and oxygen atoms in total. The molecule has 0 saturated carbocycles. The number of hydrogen-bond donors (Lipinski definition) is 3. The van der Waals surface area contributed by atoms with Crippen molar-refractivity contribution in [1.29, 1.82) is 0 Å². The van der Waals surface area contributed by atoms with Crippen LogP contribution in [0.3, 0.4) is 0 Å². The Morgan fingerprint density at radius 3 is 2.33 bits per heavy atom. The molecule has 0 spiro atoms. The third-order valence-corrected chi connectivity index (χ3v) is 3.47. The number of amides is 1. The quantitative estimate of drug-likeness (QED) is 0.745. The second-order valence-electron chi connectivity index (χ2n) is 4.28. The first-order valence-electron chi connectivity index (χ1n) is 5.53. The van der Waals surface area contributed by atoms with E-state index in [1.165, 1.54) is 12.1 Å². The zero-order valence-corrected chi connectivity index (χ0v) is 11.7. The Morgan fingerprint density at radius 2 is 1.89 bits per heavy atom. The summed E-state index contributed by atoms with van der Waals surface area (Å²) < 4.78 is 0. The number of benzene rings is 1. The van der Waals surface area contributed by atoms with E-state index < -0.39 is 0 Å². The third kappa shape index (κ3) is 3.51. The lowest BCUT2D eigenvalue weighted by atomic mass is 10.0. The highest BCUT2D eigenvalue weighted by atomic mass is 35.5. The molecule has 1 aromatic carbocycles. The highest BCUT2D eigenvalue weighted by Gasteiger charge is 2.16. The van der Waals surface area contributed by atoms with Crippen molar-refractivity contribution in [3.05, 3.63) is 27.7 Å². The van der Waals surface area contributed by atoms with E-state index in [1.54, 1.807) is 0 Å². The van der Waals surface area contributed by atoms with Gasteiger partial charge in [0.15, 0.2) is 0 Å². The molecule has 0 radical (unpaired) electrons. The van der Waals surface area contributed by atoms with Crippen LogP contribution in [0.1, 0.15) is 24.2 Å². The normalized spacial score (nSPS) is 14.1. The first-order valence-corrected chi connectivity index (χ1v) is 6.28. The standard InChI is InChI=1S/C12H16Cl2N2O2/c1-6(5-17)7(2)16-12(18)8-3-9(13)11(15)10(14)4-8/h3-4,6-7,17H,5,15H2,1-2H3,(H,16,18). The monoisotopic (exact) mass is 290 g/mol. The third-order valence-electron chi connectivity index (χ3n) is 2.84. The smallest absolute Gasteiger partial charge is 0.251 e. The van der Waals surface area contributed by atoms with Gasteiger partial charge in [-0.15, -0.1) is 0 Å². The molecule has 0 bridgehead atoms. The molecule has 0 aliphatic carbocycles. The molecule has 1 rings (SSSR count). The van der Waals surface area contributed by atoms with Crippen LogP contribution in [-0.2, 0) is 0 Å². The molecule has 0 heterocycles. The molecule has 18 heavy (non-hydrogen) atoms. The van der Waals surface area contributed by atoms with E-state index in [0.29, 0.717) is 5.56 Å². The van der Waals surface area contributed by atoms with E-state index in [4.69, 9.17) is 34.0 Å². The van der Waals surface area contributed by atoms with Gasteiger partial charge in [0, 0.05) is 18.2 Å². The highest BCUT2D eigenvalue weighted by molar-refractivity contribution is 6.39. The van der Waals surface area contributed by atoms with Gasteiger partial charge in [-0.3, -0.25) is 4.79 Å². The minimum Gasteiger partial charge on any atom is -0.396 e. The fraction of sp³-hybridized carbons (Fsp3) is 0.417. The number of nitrogens with one attached hydrogen (secondary N) is 1. The zero-order valence-electron chi connectivity index (χ0n) is 10.2. The predicted molar refractivity (Wildman–Crippen MR) is 74.1 cm³/mol. The average Bonchev–Trinajstić information content (AvgIpc) is 2.33. The molecule has 2 atom stereocenters. The second kappa shape index (κ2) is 6.27. The van der Waals surface area contributed by atoms with Gasteiger partial charge in [-0.25, -0.2) is 0 Å². The first kappa shape index (κ1) is 15.1. The maximum Gasteiger partial charge on any atom is 0.251 e. The van der Waals surface area contributed by atoms with Crippen molar-refractivity contribution in [2.24, 2.45) is 5.92 Å². The maximum atomic E-state index is 11.9.